The largest absolute Gasteiger partial charge is 0.494 e. The van der Waals surface area contributed by atoms with Gasteiger partial charge in [0.2, 0.25) is 0 Å². The Morgan fingerprint density at radius 1 is 1.31 bits per heavy atom. The Morgan fingerprint density at radius 2 is 2.04 bits per heavy atom. The number of rotatable bonds is 7. The van der Waals surface area contributed by atoms with Crippen molar-refractivity contribution in [2.45, 2.75) is 26.2 Å². The minimum atomic E-state index is 0.0540. The van der Waals surface area contributed by atoms with Gasteiger partial charge in [-0.25, -0.2) is 4.98 Å². The highest BCUT2D eigenvalue weighted by molar-refractivity contribution is 7.13. The van der Waals surface area contributed by atoms with Gasteiger partial charge in [0.05, 0.1) is 6.61 Å². The molecule has 1 fully saturated rings. The van der Waals surface area contributed by atoms with Gasteiger partial charge in [-0.15, -0.1) is 11.3 Å². The van der Waals surface area contributed by atoms with E-state index in [1.165, 1.54) is 11.3 Å². The third-order valence-corrected chi connectivity index (χ3v) is 5.58. The van der Waals surface area contributed by atoms with Gasteiger partial charge in [-0.1, -0.05) is 6.92 Å². The van der Waals surface area contributed by atoms with Gasteiger partial charge in [-0.05, 0) is 63.0 Å². The Morgan fingerprint density at radius 3 is 2.69 bits per heavy atom. The molecule has 5 nitrogen and oxygen atoms in total. The van der Waals surface area contributed by atoms with Crippen LogP contribution in [0, 0.1) is 5.92 Å². The molecule has 1 aromatic heterocycles. The molecule has 1 amide bonds. The van der Waals surface area contributed by atoms with Gasteiger partial charge in [0.1, 0.15) is 16.5 Å². The van der Waals surface area contributed by atoms with Crippen LogP contribution in [0.25, 0.3) is 10.6 Å². The molecule has 0 unspecified atom stereocenters. The first-order chi connectivity index (χ1) is 12.7. The van der Waals surface area contributed by atoms with E-state index in [0.29, 0.717) is 11.6 Å². The number of ether oxygens (including phenoxy) is 1. The molecule has 0 aliphatic carbocycles. The van der Waals surface area contributed by atoms with Crippen molar-refractivity contribution in [2.75, 3.05) is 33.3 Å². The van der Waals surface area contributed by atoms with Crippen LogP contribution in [0.3, 0.4) is 0 Å². The molecule has 1 aromatic carbocycles. The quantitative estimate of drug-likeness (QED) is 0.805. The summed E-state index contributed by atoms with van der Waals surface area (Å²) in [5.41, 5.74) is 1.58. The molecular weight excluding hydrogens is 346 g/mol. The third kappa shape index (κ3) is 4.62. The maximum atomic E-state index is 12.7. The van der Waals surface area contributed by atoms with Gasteiger partial charge < -0.3 is 15.0 Å². The molecule has 1 aliphatic rings. The topological polar surface area (TPSA) is 54.5 Å². The van der Waals surface area contributed by atoms with Crippen molar-refractivity contribution in [2.24, 2.45) is 5.92 Å². The molecule has 26 heavy (non-hydrogen) atoms. The molecule has 6 heteroatoms. The number of thiazole rings is 1. The number of aromatic nitrogens is 1. The number of hydrogen-bond donors (Lipinski definition) is 1. The predicted octanol–water partition coefficient (Wildman–Crippen LogP) is 3.67. The predicted molar refractivity (Wildman–Crippen MR) is 106 cm³/mol. The normalized spacial score (nSPS) is 15.2. The molecule has 2 heterocycles. The lowest BCUT2D eigenvalue weighted by Crippen LogP contribution is -2.40. The maximum Gasteiger partial charge on any atom is 0.273 e. The van der Waals surface area contributed by atoms with Crippen LogP contribution in [-0.4, -0.2) is 49.1 Å². The SMILES string of the molecule is CCCOc1ccc(-c2nc(C(=O)N3CCC(CNC)CC3)cs2)cc1. The van der Waals surface area contributed by atoms with Crippen molar-refractivity contribution >= 4 is 17.2 Å². The summed E-state index contributed by atoms with van der Waals surface area (Å²) in [7, 11) is 1.98. The van der Waals surface area contributed by atoms with Gasteiger partial charge in [-0.3, -0.25) is 4.79 Å². The van der Waals surface area contributed by atoms with E-state index >= 15 is 0 Å². The van der Waals surface area contributed by atoms with Gasteiger partial charge in [-0.2, -0.15) is 0 Å². The fraction of sp³-hybridized carbons (Fsp3) is 0.500. The first-order valence-electron chi connectivity index (χ1n) is 9.34. The van der Waals surface area contributed by atoms with Crippen molar-refractivity contribution in [3.8, 4) is 16.3 Å². The van der Waals surface area contributed by atoms with Crippen LogP contribution in [0.4, 0.5) is 0 Å². The van der Waals surface area contributed by atoms with E-state index in [1.807, 2.05) is 41.6 Å². The van der Waals surface area contributed by atoms with Gasteiger partial charge in [0.25, 0.3) is 5.91 Å². The summed E-state index contributed by atoms with van der Waals surface area (Å²) >= 11 is 1.52. The zero-order valence-electron chi connectivity index (χ0n) is 15.5. The number of nitrogens with zero attached hydrogens (tertiary/aromatic N) is 2. The lowest BCUT2D eigenvalue weighted by atomic mass is 9.97. The number of nitrogens with one attached hydrogen (secondary N) is 1. The number of piperidine rings is 1. The number of benzene rings is 1. The Kier molecular flexibility index (Phi) is 6.63. The van der Waals surface area contributed by atoms with E-state index < -0.39 is 0 Å². The molecular formula is C20H27N3O2S. The zero-order valence-corrected chi connectivity index (χ0v) is 16.3. The van der Waals surface area contributed by atoms with E-state index in [-0.39, 0.29) is 5.91 Å². The Balaban J connectivity index is 1.61. The summed E-state index contributed by atoms with van der Waals surface area (Å²) in [5, 5.41) is 5.98. The molecule has 2 aromatic rings. The standard InChI is InChI=1S/C20H27N3O2S/c1-3-12-25-17-6-4-16(5-7-17)19-22-18(14-26-19)20(24)23-10-8-15(9-11-23)13-21-2/h4-7,14-15,21H,3,8-13H2,1-2H3. The van der Waals surface area contributed by atoms with E-state index in [4.69, 9.17) is 4.74 Å². The monoisotopic (exact) mass is 373 g/mol. The van der Waals surface area contributed by atoms with Crippen LogP contribution in [0.15, 0.2) is 29.6 Å². The van der Waals surface area contributed by atoms with E-state index in [2.05, 4.69) is 17.2 Å². The average Bonchev–Trinajstić information content (AvgIpc) is 3.17. The highest BCUT2D eigenvalue weighted by atomic mass is 32.1. The van der Waals surface area contributed by atoms with Crippen LogP contribution in [-0.2, 0) is 0 Å². The second kappa shape index (κ2) is 9.14. The first kappa shape index (κ1) is 18.9. The van der Waals surface area contributed by atoms with Crippen LogP contribution in [0.1, 0.15) is 36.7 Å². The summed E-state index contributed by atoms with van der Waals surface area (Å²) in [6, 6.07) is 7.92. The zero-order chi connectivity index (χ0) is 18.4. The fourth-order valence-electron chi connectivity index (χ4n) is 3.21. The molecule has 0 bridgehead atoms. The molecule has 0 spiro atoms. The summed E-state index contributed by atoms with van der Waals surface area (Å²) in [5.74, 6) is 1.59. The van der Waals surface area contributed by atoms with Crippen molar-refractivity contribution < 1.29 is 9.53 Å². The number of hydrogen-bond acceptors (Lipinski definition) is 5. The Labute approximate surface area is 159 Å². The van der Waals surface area contributed by atoms with Crippen LogP contribution in [0.5, 0.6) is 5.75 Å². The Hall–Kier alpha value is -1.92. The molecule has 3 rings (SSSR count). The highest BCUT2D eigenvalue weighted by Crippen LogP contribution is 2.27. The van der Waals surface area contributed by atoms with Crippen LogP contribution >= 0.6 is 11.3 Å². The molecule has 1 saturated heterocycles. The summed E-state index contributed by atoms with van der Waals surface area (Å²) in [4.78, 5) is 19.2. The molecule has 0 atom stereocenters. The number of carbonyl (C=O) groups is 1. The number of carbonyl (C=O) groups excluding carboxylic acids is 1. The molecule has 0 saturated carbocycles. The van der Waals surface area contributed by atoms with Gasteiger partial charge >= 0.3 is 0 Å². The second-order valence-corrected chi connectivity index (χ2v) is 7.56. The van der Waals surface area contributed by atoms with Crippen molar-refractivity contribution in [1.82, 2.24) is 15.2 Å². The van der Waals surface area contributed by atoms with Crippen molar-refractivity contribution in [3.05, 3.63) is 35.3 Å². The minimum Gasteiger partial charge on any atom is -0.494 e. The van der Waals surface area contributed by atoms with Crippen molar-refractivity contribution in [3.63, 3.8) is 0 Å². The first-order valence-corrected chi connectivity index (χ1v) is 10.2. The highest BCUT2D eigenvalue weighted by Gasteiger charge is 2.24. The van der Waals surface area contributed by atoms with E-state index in [1.54, 1.807) is 0 Å². The smallest absolute Gasteiger partial charge is 0.273 e. The summed E-state index contributed by atoms with van der Waals surface area (Å²) in [6.07, 6.45) is 3.11. The lowest BCUT2D eigenvalue weighted by Gasteiger charge is -2.31. The summed E-state index contributed by atoms with van der Waals surface area (Å²) in [6.45, 7) is 5.48. The third-order valence-electron chi connectivity index (χ3n) is 4.69. The van der Waals surface area contributed by atoms with Gasteiger partial charge in [0.15, 0.2) is 0 Å². The van der Waals surface area contributed by atoms with E-state index in [0.717, 1.165) is 61.8 Å². The molecule has 1 aliphatic heterocycles. The summed E-state index contributed by atoms with van der Waals surface area (Å²) < 4.78 is 5.61. The van der Waals surface area contributed by atoms with Crippen LogP contribution in [0.2, 0.25) is 0 Å². The number of likely N-dealkylation sites (tertiary alicyclic amines) is 1. The lowest BCUT2D eigenvalue weighted by molar-refractivity contribution is 0.0686. The minimum absolute atomic E-state index is 0.0540. The van der Waals surface area contributed by atoms with Gasteiger partial charge in [0, 0.05) is 24.0 Å². The molecule has 1 N–H and O–H groups in total. The molecule has 140 valence electrons. The molecule has 0 radical (unpaired) electrons. The van der Waals surface area contributed by atoms with Crippen LogP contribution < -0.4 is 10.1 Å². The van der Waals surface area contributed by atoms with Crippen molar-refractivity contribution in [1.29, 1.82) is 0 Å². The van der Waals surface area contributed by atoms with E-state index in [9.17, 15) is 4.79 Å². The second-order valence-electron chi connectivity index (χ2n) is 6.70. The average molecular weight is 374 g/mol. The fourth-order valence-corrected chi connectivity index (χ4v) is 4.01. The maximum absolute atomic E-state index is 12.7. The number of amides is 1. The Bertz CT molecular complexity index is 706.